The van der Waals surface area contributed by atoms with Gasteiger partial charge in [0.05, 0.1) is 16.7 Å². The first-order chi connectivity index (χ1) is 9.49. The monoisotopic (exact) mass is 319 g/mol. The van der Waals surface area contributed by atoms with Crippen molar-refractivity contribution in [3.63, 3.8) is 0 Å². The molecular weight excluding hydrogens is 305 g/mol. The zero-order chi connectivity index (χ0) is 15.1. The van der Waals surface area contributed by atoms with Crippen LogP contribution in [-0.2, 0) is 4.74 Å². The van der Waals surface area contributed by atoms with E-state index in [1.807, 2.05) is 0 Å². The zero-order valence-electron chi connectivity index (χ0n) is 10.9. The number of benzene rings is 1. The molecule has 0 aliphatic rings. The highest BCUT2D eigenvalue weighted by Gasteiger charge is 2.22. The van der Waals surface area contributed by atoms with Crippen molar-refractivity contribution in [2.45, 2.75) is 6.92 Å². The second kappa shape index (κ2) is 7.94. The predicted octanol–water partition coefficient (Wildman–Crippen LogP) is 2.94. The SMILES string of the molecule is CCOC(=O)N(CCN)C(=O)Nc1ccc(Cl)c(Cl)c1. The fourth-order valence-corrected chi connectivity index (χ4v) is 1.67. The van der Waals surface area contributed by atoms with Crippen LogP contribution in [0.15, 0.2) is 18.2 Å². The van der Waals surface area contributed by atoms with Gasteiger partial charge in [-0.3, -0.25) is 0 Å². The minimum Gasteiger partial charge on any atom is -0.449 e. The second-order valence-electron chi connectivity index (χ2n) is 3.70. The number of imide groups is 1. The van der Waals surface area contributed by atoms with E-state index in [0.29, 0.717) is 15.7 Å². The van der Waals surface area contributed by atoms with E-state index in [9.17, 15) is 9.59 Å². The van der Waals surface area contributed by atoms with E-state index in [1.54, 1.807) is 13.0 Å². The molecule has 0 saturated carbocycles. The van der Waals surface area contributed by atoms with Crippen LogP contribution in [0.2, 0.25) is 10.0 Å². The molecule has 0 aliphatic carbocycles. The Morgan fingerprint density at radius 2 is 2.05 bits per heavy atom. The summed E-state index contributed by atoms with van der Waals surface area (Å²) in [5.74, 6) is 0. The van der Waals surface area contributed by atoms with Gasteiger partial charge in [0, 0.05) is 18.8 Å². The summed E-state index contributed by atoms with van der Waals surface area (Å²) in [5, 5.41) is 3.19. The second-order valence-corrected chi connectivity index (χ2v) is 4.51. The number of anilines is 1. The van der Waals surface area contributed by atoms with Crippen LogP contribution in [-0.4, -0.2) is 36.7 Å². The average Bonchev–Trinajstić information content (AvgIpc) is 2.40. The first-order valence-corrected chi connectivity index (χ1v) is 6.65. The van der Waals surface area contributed by atoms with Crippen molar-refractivity contribution >= 4 is 41.0 Å². The number of urea groups is 1. The van der Waals surface area contributed by atoms with Crippen molar-refractivity contribution < 1.29 is 14.3 Å². The third kappa shape index (κ3) is 4.56. The standard InChI is InChI=1S/C12H15Cl2N3O3/c1-2-20-12(19)17(6-5-15)11(18)16-8-3-4-9(13)10(14)7-8/h3-4,7H,2,5-6,15H2,1H3,(H,16,18). The van der Waals surface area contributed by atoms with Crippen LogP contribution in [0.1, 0.15) is 6.92 Å². The molecule has 0 saturated heterocycles. The first-order valence-electron chi connectivity index (χ1n) is 5.90. The summed E-state index contributed by atoms with van der Waals surface area (Å²) < 4.78 is 4.78. The third-order valence-electron chi connectivity index (χ3n) is 2.26. The molecule has 0 fully saturated rings. The highest BCUT2D eigenvalue weighted by Crippen LogP contribution is 2.25. The summed E-state index contributed by atoms with van der Waals surface area (Å²) in [5.41, 5.74) is 5.78. The number of nitrogens with one attached hydrogen (secondary N) is 1. The quantitative estimate of drug-likeness (QED) is 0.893. The molecule has 3 amide bonds. The van der Waals surface area contributed by atoms with Gasteiger partial charge in [-0.15, -0.1) is 0 Å². The van der Waals surface area contributed by atoms with E-state index < -0.39 is 12.1 Å². The summed E-state index contributed by atoms with van der Waals surface area (Å²) in [7, 11) is 0. The summed E-state index contributed by atoms with van der Waals surface area (Å²) in [6, 6.07) is 3.94. The zero-order valence-corrected chi connectivity index (χ0v) is 12.4. The molecule has 1 aromatic carbocycles. The van der Waals surface area contributed by atoms with Gasteiger partial charge in [0.1, 0.15) is 0 Å². The maximum Gasteiger partial charge on any atom is 0.418 e. The van der Waals surface area contributed by atoms with Crippen LogP contribution in [0, 0.1) is 0 Å². The molecule has 0 aromatic heterocycles. The molecule has 1 aromatic rings. The topological polar surface area (TPSA) is 84.7 Å². The molecule has 0 spiro atoms. The minimum atomic E-state index is -0.754. The smallest absolute Gasteiger partial charge is 0.418 e. The van der Waals surface area contributed by atoms with Crippen LogP contribution in [0.5, 0.6) is 0 Å². The Kier molecular flexibility index (Phi) is 6.57. The van der Waals surface area contributed by atoms with E-state index >= 15 is 0 Å². The number of halogens is 2. The fraction of sp³-hybridized carbons (Fsp3) is 0.333. The van der Waals surface area contributed by atoms with Gasteiger partial charge in [0.15, 0.2) is 0 Å². The number of nitrogens with zero attached hydrogens (tertiary/aromatic N) is 1. The Hall–Kier alpha value is -1.50. The predicted molar refractivity (Wildman–Crippen MR) is 78.3 cm³/mol. The summed E-state index contributed by atoms with van der Waals surface area (Å²) in [4.78, 5) is 24.5. The van der Waals surface area contributed by atoms with Gasteiger partial charge in [-0.2, -0.15) is 0 Å². The lowest BCUT2D eigenvalue weighted by Gasteiger charge is -2.19. The number of hydrogen-bond acceptors (Lipinski definition) is 4. The summed E-state index contributed by atoms with van der Waals surface area (Å²) in [6.45, 7) is 1.99. The minimum absolute atomic E-state index is 0.0476. The van der Waals surface area contributed by atoms with Crippen molar-refractivity contribution in [2.24, 2.45) is 5.73 Å². The molecule has 1 rings (SSSR count). The van der Waals surface area contributed by atoms with E-state index in [1.165, 1.54) is 12.1 Å². The van der Waals surface area contributed by atoms with Crippen molar-refractivity contribution in [2.75, 3.05) is 25.0 Å². The Morgan fingerprint density at radius 3 is 2.60 bits per heavy atom. The van der Waals surface area contributed by atoms with Gasteiger partial charge in [0.2, 0.25) is 0 Å². The normalized spacial score (nSPS) is 10.0. The maximum atomic E-state index is 12.0. The number of carbonyl (C=O) groups is 2. The number of carbonyl (C=O) groups excluding carboxylic acids is 2. The number of amides is 3. The Labute approximate surface area is 126 Å². The molecule has 0 atom stereocenters. The van der Waals surface area contributed by atoms with E-state index in [4.69, 9.17) is 33.7 Å². The maximum absolute atomic E-state index is 12.0. The molecule has 0 bridgehead atoms. The van der Waals surface area contributed by atoms with Gasteiger partial charge in [-0.1, -0.05) is 23.2 Å². The highest BCUT2D eigenvalue weighted by atomic mass is 35.5. The Bertz CT molecular complexity index is 497. The molecule has 0 unspecified atom stereocenters. The van der Waals surface area contributed by atoms with Crippen molar-refractivity contribution in [1.29, 1.82) is 0 Å². The molecule has 0 heterocycles. The number of hydrogen-bond donors (Lipinski definition) is 2. The van der Waals surface area contributed by atoms with Crippen LogP contribution in [0.25, 0.3) is 0 Å². The van der Waals surface area contributed by atoms with Crippen molar-refractivity contribution in [1.82, 2.24) is 4.90 Å². The summed E-state index contributed by atoms with van der Waals surface area (Å²) >= 11 is 11.6. The number of rotatable bonds is 4. The van der Waals surface area contributed by atoms with Crippen LogP contribution in [0.3, 0.4) is 0 Å². The molecule has 6 nitrogen and oxygen atoms in total. The molecule has 0 aliphatic heterocycles. The molecule has 3 N–H and O–H groups in total. The van der Waals surface area contributed by atoms with Crippen LogP contribution >= 0.6 is 23.2 Å². The van der Waals surface area contributed by atoms with E-state index in [-0.39, 0.29) is 19.7 Å². The largest absolute Gasteiger partial charge is 0.449 e. The van der Waals surface area contributed by atoms with Gasteiger partial charge in [-0.05, 0) is 25.1 Å². The Balaban J connectivity index is 2.79. The third-order valence-corrected chi connectivity index (χ3v) is 3.00. The van der Waals surface area contributed by atoms with Gasteiger partial charge < -0.3 is 15.8 Å². The van der Waals surface area contributed by atoms with Crippen LogP contribution in [0.4, 0.5) is 15.3 Å². The molecule has 0 radical (unpaired) electrons. The number of nitrogens with two attached hydrogens (primary N) is 1. The van der Waals surface area contributed by atoms with E-state index in [2.05, 4.69) is 5.32 Å². The first kappa shape index (κ1) is 16.6. The lowest BCUT2D eigenvalue weighted by Crippen LogP contribution is -2.43. The van der Waals surface area contributed by atoms with Gasteiger partial charge >= 0.3 is 12.1 Å². The van der Waals surface area contributed by atoms with E-state index in [0.717, 1.165) is 4.90 Å². The molecule has 8 heteroatoms. The molecule has 20 heavy (non-hydrogen) atoms. The van der Waals surface area contributed by atoms with Crippen molar-refractivity contribution in [3.05, 3.63) is 28.2 Å². The van der Waals surface area contributed by atoms with Crippen molar-refractivity contribution in [3.8, 4) is 0 Å². The Morgan fingerprint density at radius 1 is 1.35 bits per heavy atom. The summed E-state index contributed by atoms with van der Waals surface area (Å²) in [6.07, 6.45) is -0.754. The number of ether oxygens (including phenoxy) is 1. The lowest BCUT2D eigenvalue weighted by atomic mass is 10.3. The molecule has 110 valence electrons. The average molecular weight is 320 g/mol. The van der Waals surface area contributed by atoms with Crippen LogP contribution < -0.4 is 11.1 Å². The fourth-order valence-electron chi connectivity index (χ4n) is 1.37. The van der Waals surface area contributed by atoms with Gasteiger partial charge in [-0.25, -0.2) is 14.5 Å². The molecular formula is C12H15Cl2N3O3. The van der Waals surface area contributed by atoms with Gasteiger partial charge in [0.25, 0.3) is 0 Å². The lowest BCUT2D eigenvalue weighted by molar-refractivity contribution is 0.118. The highest BCUT2D eigenvalue weighted by molar-refractivity contribution is 6.42.